The molecule has 0 bridgehead atoms. The van der Waals surface area contributed by atoms with Crippen molar-refractivity contribution >= 4 is 34.7 Å². The Morgan fingerprint density at radius 2 is 0.796 bits per heavy atom. The fourth-order valence-electron chi connectivity index (χ4n) is 2.80. The second-order valence-corrected chi connectivity index (χ2v) is 8.83. The first-order valence-corrected chi connectivity index (χ1v) is 11.4. The van der Waals surface area contributed by atoms with Crippen LogP contribution >= 0.6 is 0 Å². The summed E-state index contributed by atoms with van der Waals surface area (Å²) in [5.74, 6) is -34.5. The SMILES string of the molecule is C=CC(=O)C(=O)C(OC(F)(F)C(C)(C(F)(F)OC(F)(C(=O)C(=O)C=C)C(F)(F)F)C(F)(F)OC(F)(C(=O)C(=O)C=C)C(F)(F)F)C(F)(F)F. The lowest BCUT2D eigenvalue weighted by Gasteiger charge is -2.47. The predicted octanol–water partition coefficient (Wildman–Crippen LogP) is 5.18. The zero-order valence-electron chi connectivity index (χ0n) is 23.0. The average molecular weight is 756 g/mol. The number of carbonyl (C=O) groups excluding carboxylic acids is 6. The second kappa shape index (κ2) is 13.7. The maximum Gasteiger partial charge on any atom is 0.457 e. The van der Waals surface area contributed by atoms with Crippen LogP contribution in [0.2, 0.25) is 0 Å². The van der Waals surface area contributed by atoms with Crippen LogP contribution in [0.3, 0.4) is 0 Å². The van der Waals surface area contributed by atoms with Crippen molar-refractivity contribution in [1.29, 1.82) is 0 Å². The first-order chi connectivity index (χ1) is 21.4. The fraction of sp³-hybridized carbons (Fsp3) is 0.478. The molecular weight excluding hydrogens is 743 g/mol. The molecule has 0 saturated heterocycles. The molecule has 0 amide bonds. The van der Waals surface area contributed by atoms with Gasteiger partial charge in [-0.1, -0.05) is 19.7 Å². The Balaban J connectivity index is 8.29. The third-order valence-electron chi connectivity index (χ3n) is 5.65. The summed E-state index contributed by atoms with van der Waals surface area (Å²) in [4.78, 5) is 68.9. The summed E-state index contributed by atoms with van der Waals surface area (Å²) in [5.41, 5.74) is -7.46. The summed E-state index contributed by atoms with van der Waals surface area (Å²) in [6.07, 6.45) is -52.7. The average Bonchev–Trinajstić information content (AvgIpc) is 2.94. The van der Waals surface area contributed by atoms with Gasteiger partial charge in [-0.25, -0.2) is 0 Å². The van der Waals surface area contributed by atoms with Gasteiger partial charge in [0.05, 0.1) is 0 Å². The summed E-state index contributed by atoms with van der Waals surface area (Å²) in [6, 6.07) is 0. The molecule has 9 nitrogen and oxygen atoms in total. The van der Waals surface area contributed by atoms with Crippen LogP contribution in [-0.2, 0) is 43.0 Å². The first kappa shape index (κ1) is 44.9. The molecule has 0 rings (SSSR count). The van der Waals surface area contributed by atoms with E-state index in [9.17, 15) is 77.1 Å². The van der Waals surface area contributed by atoms with Gasteiger partial charge in [0.15, 0.2) is 0 Å². The van der Waals surface area contributed by atoms with Crippen LogP contribution < -0.4 is 0 Å². The van der Waals surface area contributed by atoms with Gasteiger partial charge < -0.3 is 0 Å². The molecule has 0 aliphatic carbocycles. The largest absolute Gasteiger partial charge is 0.457 e. The number of rotatable bonds is 18. The molecule has 0 aromatic rings. The minimum absolute atomic E-state index is 0.455. The number of hydrogen-bond acceptors (Lipinski definition) is 9. The molecule has 0 aromatic heterocycles. The van der Waals surface area contributed by atoms with E-state index >= 15 is 26.3 Å². The van der Waals surface area contributed by atoms with Crippen molar-refractivity contribution in [1.82, 2.24) is 0 Å². The number of alkyl halides is 17. The van der Waals surface area contributed by atoms with Gasteiger partial charge in [-0.3, -0.25) is 43.0 Å². The van der Waals surface area contributed by atoms with Gasteiger partial charge >= 0.3 is 48.6 Å². The van der Waals surface area contributed by atoms with Crippen molar-refractivity contribution in [2.45, 2.75) is 61.6 Å². The highest BCUT2D eigenvalue weighted by Crippen LogP contribution is 2.62. The quantitative estimate of drug-likeness (QED) is 0.106. The van der Waals surface area contributed by atoms with Crippen LogP contribution in [0.1, 0.15) is 6.92 Å². The van der Waals surface area contributed by atoms with Gasteiger partial charge in [0.2, 0.25) is 34.7 Å². The number of halogens is 17. The molecule has 0 heterocycles. The maximum atomic E-state index is 15.3. The van der Waals surface area contributed by atoms with Crippen LogP contribution in [0.4, 0.5) is 74.6 Å². The number of ketones is 6. The van der Waals surface area contributed by atoms with E-state index in [0.717, 1.165) is 0 Å². The minimum Gasteiger partial charge on any atom is -0.298 e. The number of ether oxygens (including phenoxy) is 3. The van der Waals surface area contributed by atoms with Crippen LogP contribution in [0.15, 0.2) is 38.0 Å². The van der Waals surface area contributed by atoms with Gasteiger partial charge in [-0.05, 0) is 25.2 Å². The van der Waals surface area contributed by atoms with E-state index in [1.54, 1.807) is 0 Å². The third kappa shape index (κ3) is 8.05. The van der Waals surface area contributed by atoms with E-state index in [-0.39, 0.29) is 0 Å². The summed E-state index contributed by atoms with van der Waals surface area (Å²) in [6.45, 7) is 5.03. The normalized spacial score (nSPS) is 17.8. The van der Waals surface area contributed by atoms with Gasteiger partial charge in [0, 0.05) is 0 Å². The number of carbonyl (C=O) groups is 6. The Labute approximate surface area is 258 Å². The van der Waals surface area contributed by atoms with Crippen molar-refractivity contribution in [2.75, 3.05) is 0 Å². The minimum atomic E-state index is -8.00. The van der Waals surface area contributed by atoms with Crippen LogP contribution in [-0.4, -0.2) is 89.4 Å². The second-order valence-electron chi connectivity index (χ2n) is 8.83. The molecule has 26 heteroatoms. The van der Waals surface area contributed by atoms with Crippen molar-refractivity contribution in [2.24, 2.45) is 5.41 Å². The summed E-state index contributed by atoms with van der Waals surface area (Å²) in [7, 11) is 0. The van der Waals surface area contributed by atoms with Crippen molar-refractivity contribution < 1.29 is 118 Å². The zero-order chi connectivity index (χ0) is 39.8. The van der Waals surface area contributed by atoms with Crippen LogP contribution in [0.25, 0.3) is 0 Å². The molecular formula is C23H13F17O9. The molecule has 0 saturated carbocycles. The summed E-state index contributed by atoms with van der Waals surface area (Å²) in [5, 5.41) is 0. The molecule has 49 heavy (non-hydrogen) atoms. The summed E-state index contributed by atoms with van der Waals surface area (Å²) < 4.78 is 249. The van der Waals surface area contributed by atoms with E-state index in [1.165, 1.54) is 0 Å². The Hall–Kier alpha value is -4.07. The maximum absolute atomic E-state index is 15.3. The van der Waals surface area contributed by atoms with Crippen LogP contribution in [0, 0.1) is 5.41 Å². The first-order valence-electron chi connectivity index (χ1n) is 11.4. The fourth-order valence-corrected chi connectivity index (χ4v) is 2.80. The van der Waals surface area contributed by atoms with E-state index in [4.69, 9.17) is 0 Å². The lowest BCUT2D eigenvalue weighted by Crippen LogP contribution is -2.71. The smallest absolute Gasteiger partial charge is 0.298 e. The molecule has 0 fully saturated rings. The lowest BCUT2D eigenvalue weighted by atomic mass is 9.84. The summed E-state index contributed by atoms with van der Waals surface area (Å²) >= 11 is 0. The topological polar surface area (TPSA) is 130 Å². The molecule has 0 radical (unpaired) electrons. The van der Waals surface area contributed by atoms with Gasteiger partial charge in [0.25, 0.3) is 11.6 Å². The molecule has 0 N–H and O–H groups in total. The molecule has 0 aliphatic heterocycles. The molecule has 0 aromatic carbocycles. The van der Waals surface area contributed by atoms with Crippen molar-refractivity contribution in [3.05, 3.63) is 38.0 Å². The molecule has 0 spiro atoms. The third-order valence-corrected chi connectivity index (χ3v) is 5.65. The Kier molecular flexibility index (Phi) is 12.5. The zero-order valence-corrected chi connectivity index (χ0v) is 23.0. The van der Waals surface area contributed by atoms with Gasteiger partial charge in [-0.15, -0.1) is 0 Å². The van der Waals surface area contributed by atoms with E-state index in [0.29, 0.717) is 0 Å². The highest BCUT2D eigenvalue weighted by molar-refractivity contribution is 6.44. The lowest BCUT2D eigenvalue weighted by molar-refractivity contribution is -0.536. The monoisotopic (exact) mass is 756 g/mol. The van der Waals surface area contributed by atoms with E-state index < -0.39 is 120 Å². The van der Waals surface area contributed by atoms with Crippen molar-refractivity contribution in [3.63, 3.8) is 0 Å². The predicted molar refractivity (Wildman–Crippen MR) is 116 cm³/mol. The van der Waals surface area contributed by atoms with Gasteiger partial charge in [-0.2, -0.15) is 74.6 Å². The standard InChI is InChI=1S/C23H13F17O9/c1-5-8(41)11(44)14(18(26,27)28)47-21(35,36)15(4,22(37,38)48-16(24,19(29,30)31)12(45)9(42)6-2)23(39,40)49-17(25,20(32,33)34)13(46)10(43)7-3/h5-7,14H,1-3H2,4H3. The van der Waals surface area contributed by atoms with Gasteiger partial charge in [0.1, 0.15) is 0 Å². The number of allylic oxidation sites excluding steroid dienone is 3. The van der Waals surface area contributed by atoms with E-state index in [1.807, 2.05) is 0 Å². The molecule has 3 unspecified atom stereocenters. The highest BCUT2D eigenvalue weighted by atomic mass is 19.4. The van der Waals surface area contributed by atoms with E-state index in [2.05, 4.69) is 33.9 Å². The van der Waals surface area contributed by atoms with Crippen LogP contribution in [0.5, 0.6) is 0 Å². The number of Topliss-reactive ketones (excluding diaryl/α,β-unsaturated/α-hetero) is 3. The molecule has 3 atom stereocenters. The molecule has 278 valence electrons. The molecule has 0 aliphatic rings. The highest BCUT2D eigenvalue weighted by Gasteiger charge is 2.86. The number of hydrogen-bond donors (Lipinski definition) is 0. The van der Waals surface area contributed by atoms with Crippen molar-refractivity contribution in [3.8, 4) is 0 Å². The Morgan fingerprint density at radius 1 is 0.510 bits per heavy atom. The Morgan fingerprint density at radius 3 is 1.02 bits per heavy atom. The Bertz CT molecular complexity index is 1340.